The van der Waals surface area contributed by atoms with Gasteiger partial charge in [-0.2, -0.15) is 0 Å². The number of hydrogen-bond acceptors (Lipinski definition) is 4. The molecule has 4 rings (SSSR count). The highest BCUT2D eigenvalue weighted by molar-refractivity contribution is 9.10. The number of Topliss-reactive ketones (excluding diaryl/α,β-unsaturated/α-hetero) is 1. The molecule has 1 saturated heterocycles. The molecule has 3 aromatic carbocycles. The zero-order valence-electron chi connectivity index (χ0n) is 17.7. The van der Waals surface area contributed by atoms with Gasteiger partial charge >= 0.3 is 5.97 Å². The Bertz CT molecular complexity index is 1280. The van der Waals surface area contributed by atoms with E-state index in [1.165, 1.54) is 4.90 Å². The van der Waals surface area contributed by atoms with Crippen molar-refractivity contribution in [3.63, 3.8) is 0 Å². The molecule has 33 heavy (non-hydrogen) atoms. The molecular formula is C26H20BrNO5. The lowest BCUT2D eigenvalue weighted by Crippen LogP contribution is -2.29. The van der Waals surface area contributed by atoms with Crippen LogP contribution in [0.15, 0.2) is 82.8 Å². The Morgan fingerprint density at radius 3 is 2.24 bits per heavy atom. The maximum Gasteiger partial charge on any atom is 0.307 e. The van der Waals surface area contributed by atoms with Gasteiger partial charge in [-0.05, 0) is 47.9 Å². The van der Waals surface area contributed by atoms with E-state index < -0.39 is 23.7 Å². The van der Waals surface area contributed by atoms with Crippen LogP contribution in [0.5, 0.6) is 0 Å². The van der Waals surface area contributed by atoms with Gasteiger partial charge in [0, 0.05) is 15.7 Å². The number of rotatable bonds is 5. The Labute approximate surface area is 198 Å². The molecule has 1 heterocycles. The molecule has 0 spiro atoms. The quantitative estimate of drug-likeness (QED) is 0.288. The van der Waals surface area contributed by atoms with E-state index in [0.29, 0.717) is 22.4 Å². The third kappa shape index (κ3) is 4.32. The molecule has 166 valence electrons. The highest BCUT2D eigenvalue weighted by Gasteiger charge is 2.46. The smallest absolute Gasteiger partial charge is 0.307 e. The minimum atomic E-state index is -0.961. The fraction of sp³-hybridized carbons (Fsp3) is 0.115. The van der Waals surface area contributed by atoms with E-state index in [4.69, 9.17) is 5.11 Å². The number of aliphatic carboxylic acids is 1. The summed E-state index contributed by atoms with van der Waals surface area (Å²) in [7, 11) is 0. The molecule has 1 atom stereocenters. The molecule has 0 aromatic heterocycles. The number of carbonyl (C=O) groups excluding carboxylic acids is 2. The molecule has 0 radical (unpaired) electrons. The molecule has 1 unspecified atom stereocenters. The van der Waals surface area contributed by atoms with Crippen molar-refractivity contribution < 1.29 is 24.6 Å². The summed E-state index contributed by atoms with van der Waals surface area (Å²) in [6.45, 7) is 1.87. The predicted octanol–water partition coefficient (Wildman–Crippen LogP) is 5.01. The van der Waals surface area contributed by atoms with Gasteiger partial charge in [0.1, 0.15) is 5.76 Å². The van der Waals surface area contributed by atoms with Gasteiger partial charge in [0.05, 0.1) is 18.0 Å². The van der Waals surface area contributed by atoms with Crippen LogP contribution in [0.25, 0.3) is 5.76 Å². The van der Waals surface area contributed by atoms with Gasteiger partial charge < -0.3 is 10.2 Å². The molecule has 1 aliphatic heterocycles. The van der Waals surface area contributed by atoms with Gasteiger partial charge in [0.2, 0.25) is 0 Å². The Balaban J connectivity index is 1.87. The molecule has 6 nitrogen and oxygen atoms in total. The number of hydrogen-bond donors (Lipinski definition) is 2. The summed E-state index contributed by atoms with van der Waals surface area (Å²) < 4.78 is 0.862. The third-order valence-electron chi connectivity index (χ3n) is 5.56. The molecule has 1 fully saturated rings. The maximum atomic E-state index is 13.2. The van der Waals surface area contributed by atoms with Crippen LogP contribution in [-0.4, -0.2) is 27.9 Å². The number of aryl methyl sites for hydroxylation is 1. The van der Waals surface area contributed by atoms with Crippen molar-refractivity contribution in [1.29, 1.82) is 0 Å². The van der Waals surface area contributed by atoms with E-state index in [9.17, 15) is 19.5 Å². The first-order chi connectivity index (χ1) is 15.8. The Morgan fingerprint density at radius 1 is 0.970 bits per heavy atom. The standard InChI is InChI=1S/C26H20BrNO5/c1-15-13-18(9-12-20(15)27)24(31)22-23(17-5-3-2-4-6-17)28(26(33)25(22)32)19-10-7-16(8-11-19)14-21(29)30/h2-13,23,31H,14H2,1H3,(H,29,30)/b24-22-. The first kappa shape index (κ1) is 22.5. The summed E-state index contributed by atoms with van der Waals surface area (Å²) in [6.07, 6.45) is -0.149. The lowest BCUT2D eigenvalue weighted by Gasteiger charge is -2.25. The van der Waals surface area contributed by atoms with E-state index >= 15 is 0 Å². The largest absolute Gasteiger partial charge is 0.507 e. The second-order valence-electron chi connectivity index (χ2n) is 7.78. The fourth-order valence-corrected chi connectivity index (χ4v) is 4.19. The van der Waals surface area contributed by atoms with Gasteiger partial charge in [-0.15, -0.1) is 0 Å². The van der Waals surface area contributed by atoms with Crippen molar-refractivity contribution in [1.82, 2.24) is 0 Å². The topological polar surface area (TPSA) is 94.9 Å². The first-order valence-corrected chi connectivity index (χ1v) is 11.0. The van der Waals surface area contributed by atoms with Crippen LogP contribution in [0, 0.1) is 6.92 Å². The van der Waals surface area contributed by atoms with Gasteiger partial charge in [-0.25, -0.2) is 0 Å². The second-order valence-corrected chi connectivity index (χ2v) is 8.64. The highest BCUT2D eigenvalue weighted by Crippen LogP contribution is 2.42. The summed E-state index contributed by atoms with van der Waals surface area (Å²) in [4.78, 5) is 38.6. The van der Waals surface area contributed by atoms with Crippen LogP contribution in [0.3, 0.4) is 0 Å². The third-order valence-corrected chi connectivity index (χ3v) is 6.45. The number of nitrogens with zero attached hydrogens (tertiary/aromatic N) is 1. The number of amides is 1. The number of benzene rings is 3. The summed E-state index contributed by atoms with van der Waals surface area (Å²) in [5, 5.41) is 20.2. The lowest BCUT2D eigenvalue weighted by atomic mass is 9.94. The number of aliphatic hydroxyl groups excluding tert-OH is 1. The molecule has 0 saturated carbocycles. The summed E-state index contributed by atoms with van der Waals surface area (Å²) in [5.41, 5.74) is 2.99. The summed E-state index contributed by atoms with van der Waals surface area (Å²) in [6, 6.07) is 19.8. The van der Waals surface area contributed by atoms with Gasteiger partial charge in [0.25, 0.3) is 11.7 Å². The van der Waals surface area contributed by atoms with E-state index in [0.717, 1.165) is 10.0 Å². The lowest BCUT2D eigenvalue weighted by molar-refractivity contribution is -0.136. The van der Waals surface area contributed by atoms with E-state index in [1.54, 1.807) is 66.7 Å². The Morgan fingerprint density at radius 2 is 1.64 bits per heavy atom. The number of carbonyl (C=O) groups is 3. The van der Waals surface area contributed by atoms with E-state index in [1.807, 2.05) is 13.0 Å². The van der Waals surface area contributed by atoms with Crippen molar-refractivity contribution in [3.8, 4) is 0 Å². The SMILES string of the molecule is Cc1cc(/C(O)=C2/C(=O)C(=O)N(c3ccc(CC(=O)O)cc3)C2c2ccccc2)ccc1Br. The molecule has 3 aromatic rings. The minimum Gasteiger partial charge on any atom is -0.507 e. The minimum absolute atomic E-state index is 0.00235. The number of anilines is 1. The molecule has 0 bridgehead atoms. The molecule has 2 N–H and O–H groups in total. The molecule has 0 aliphatic carbocycles. The summed E-state index contributed by atoms with van der Waals surface area (Å²) in [5.74, 6) is -2.75. The predicted molar refractivity (Wildman–Crippen MR) is 128 cm³/mol. The first-order valence-electron chi connectivity index (χ1n) is 10.2. The van der Waals surface area contributed by atoms with Crippen molar-refractivity contribution in [3.05, 3.63) is 105 Å². The van der Waals surface area contributed by atoms with Crippen LogP contribution in [0.4, 0.5) is 5.69 Å². The van der Waals surface area contributed by atoms with Crippen LogP contribution < -0.4 is 4.90 Å². The van der Waals surface area contributed by atoms with E-state index in [2.05, 4.69) is 15.9 Å². The zero-order valence-corrected chi connectivity index (χ0v) is 19.2. The highest BCUT2D eigenvalue weighted by atomic mass is 79.9. The molecule has 1 amide bonds. The number of aliphatic hydroxyl groups is 1. The van der Waals surface area contributed by atoms with Crippen LogP contribution in [-0.2, 0) is 20.8 Å². The van der Waals surface area contributed by atoms with Crippen LogP contribution >= 0.6 is 15.9 Å². The number of carboxylic acids is 1. The molecule has 1 aliphatic rings. The van der Waals surface area contributed by atoms with Crippen LogP contribution in [0.2, 0.25) is 0 Å². The van der Waals surface area contributed by atoms with E-state index in [-0.39, 0.29) is 17.8 Å². The van der Waals surface area contributed by atoms with Gasteiger partial charge in [-0.1, -0.05) is 64.5 Å². The summed E-state index contributed by atoms with van der Waals surface area (Å²) >= 11 is 3.43. The average molecular weight is 506 g/mol. The van der Waals surface area contributed by atoms with Crippen LogP contribution in [0.1, 0.15) is 28.3 Å². The van der Waals surface area contributed by atoms with Crippen molar-refractivity contribution >= 4 is 45.0 Å². The molecule has 7 heteroatoms. The van der Waals surface area contributed by atoms with Crippen molar-refractivity contribution in [2.45, 2.75) is 19.4 Å². The monoisotopic (exact) mass is 505 g/mol. The van der Waals surface area contributed by atoms with Crippen molar-refractivity contribution in [2.24, 2.45) is 0 Å². The number of halogens is 1. The fourth-order valence-electron chi connectivity index (χ4n) is 3.95. The Kier molecular flexibility index (Phi) is 6.16. The van der Waals surface area contributed by atoms with Crippen molar-refractivity contribution in [2.75, 3.05) is 4.90 Å². The van der Waals surface area contributed by atoms with Gasteiger partial charge in [0.15, 0.2) is 0 Å². The number of carboxylic acid groups (broad SMARTS) is 1. The van der Waals surface area contributed by atoms with Gasteiger partial charge in [-0.3, -0.25) is 19.3 Å². The Hall–Kier alpha value is -3.71. The normalized spacial score (nSPS) is 17.4. The second kappa shape index (κ2) is 9.03. The maximum absolute atomic E-state index is 13.2. The number of ketones is 1. The average Bonchev–Trinajstić information content (AvgIpc) is 3.06. The zero-order chi connectivity index (χ0) is 23.7. The molecular weight excluding hydrogens is 486 g/mol.